The van der Waals surface area contributed by atoms with Gasteiger partial charge in [-0.3, -0.25) is 0 Å². The summed E-state index contributed by atoms with van der Waals surface area (Å²) in [5.74, 6) is 0.716. The third-order valence-corrected chi connectivity index (χ3v) is 9.92. The van der Waals surface area contributed by atoms with Crippen molar-refractivity contribution >= 4 is 46.2 Å². The molecule has 1 aromatic heterocycles. The molecule has 3 saturated heterocycles. The minimum Gasteiger partial charge on any atom is -0.491 e. The van der Waals surface area contributed by atoms with Gasteiger partial charge in [-0.2, -0.15) is 5.10 Å². The number of anilines is 2. The lowest BCUT2D eigenvalue weighted by atomic mass is 10.1. The van der Waals surface area contributed by atoms with Crippen LogP contribution < -0.4 is 14.5 Å². The van der Waals surface area contributed by atoms with Crippen LogP contribution in [0, 0.1) is 0 Å². The number of aromatic nitrogens is 3. The van der Waals surface area contributed by atoms with Crippen molar-refractivity contribution in [1.82, 2.24) is 24.6 Å². The Bertz CT molecular complexity index is 1700. The van der Waals surface area contributed by atoms with Gasteiger partial charge in [-0.25, -0.2) is 14.7 Å². The zero-order valence-electron chi connectivity index (χ0n) is 27.9. The van der Waals surface area contributed by atoms with E-state index >= 15 is 0 Å². The molecular formula is C36H42Cl2N8O3. The Balaban J connectivity index is 0.918. The van der Waals surface area contributed by atoms with Gasteiger partial charge in [0.05, 0.1) is 17.3 Å². The summed E-state index contributed by atoms with van der Waals surface area (Å²) in [5.41, 5.74) is 4.10. The molecule has 7 rings (SSSR count). The fraction of sp³-hybridized carbons (Fsp3) is 0.417. The van der Waals surface area contributed by atoms with Crippen molar-refractivity contribution in [1.29, 1.82) is 0 Å². The van der Waals surface area contributed by atoms with Crippen LogP contribution in [0.5, 0.6) is 5.75 Å². The highest BCUT2D eigenvalue weighted by Crippen LogP contribution is 2.40. The fourth-order valence-corrected chi connectivity index (χ4v) is 7.24. The Morgan fingerprint density at radius 3 is 2.10 bits per heavy atom. The monoisotopic (exact) mass is 704 g/mol. The van der Waals surface area contributed by atoms with Crippen molar-refractivity contribution in [3.05, 3.63) is 95.0 Å². The molecule has 3 aliphatic heterocycles. The lowest BCUT2D eigenvalue weighted by molar-refractivity contribution is -0.190. The van der Waals surface area contributed by atoms with Crippen LogP contribution in [0.4, 0.5) is 17.1 Å². The van der Waals surface area contributed by atoms with Crippen molar-refractivity contribution in [2.75, 3.05) is 75.4 Å². The molecule has 4 aromatic rings. The van der Waals surface area contributed by atoms with E-state index < -0.39 is 5.79 Å². The normalized spacial score (nSPS) is 21.1. The second kappa shape index (κ2) is 14.8. The van der Waals surface area contributed by atoms with Crippen molar-refractivity contribution in [3.8, 4) is 5.75 Å². The smallest absolute Gasteiger partial charge is 0.217 e. The number of aliphatic imine (C=N–C) groups is 1. The van der Waals surface area contributed by atoms with Crippen LogP contribution in [0.3, 0.4) is 0 Å². The molecule has 0 bridgehead atoms. The molecule has 0 radical (unpaired) electrons. The largest absolute Gasteiger partial charge is 0.491 e. The molecule has 3 fully saturated rings. The summed E-state index contributed by atoms with van der Waals surface area (Å²) < 4.78 is 20.6. The second-order valence-electron chi connectivity index (χ2n) is 12.4. The standard InChI is InChI=1S/C36H42Cl2N8O3/c1-3-42-15-16-43(4-2)35(42)41-28-6-8-29(9-7-28)44-17-19-45(20-18-44)30-10-12-31(13-11-30)47-22-32-23-48-36(49-32,24-46-26-39-25-40-46)33-14-5-27(37)21-34(33)38/h5-14,21,25-26,32H,3-4,15-20,22-24H2,1-2H3/t32-,36-/m1/s1. The molecule has 0 spiro atoms. The Morgan fingerprint density at radius 2 is 1.51 bits per heavy atom. The Hall–Kier alpha value is -4.03. The van der Waals surface area contributed by atoms with E-state index in [1.807, 2.05) is 18.2 Å². The summed E-state index contributed by atoms with van der Waals surface area (Å²) in [6.07, 6.45) is 2.78. The van der Waals surface area contributed by atoms with Gasteiger partial charge in [0.25, 0.3) is 0 Å². The van der Waals surface area contributed by atoms with E-state index in [4.69, 9.17) is 42.4 Å². The number of hydrogen-bond acceptors (Lipinski definition) is 8. The number of benzene rings is 3. The van der Waals surface area contributed by atoms with Crippen LogP contribution in [-0.4, -0.2) is 102 Å². The highest BCUT2D eigenvalue weighted by molar-refractivity contribution is 6.35. The summed E-state index contributed by atoms with van der Waals surface area (Å²) in [4.78, 5) is 18.6. The van der Waals surface area contributed by atoms with Gasteiger partial charge >= 0.3 is 0 Å². The van der Waals surface area contributed by atoms with E-state index in [1.54, 1.807) is 23.1 Å². The van der Waals surface area contributed by atoms with Crippen LogP contribution in [0.2, 0.25) is 10.0 Å². The highest BCUT2D eigenvalue weighted by atomic mass is 35.5. The first-order chi connectivity index (χ1) is 23.9. The third kappa shape index (κ3) is 7.45. The SMILES string of the molecule is CCN1CCN(CC)C1=Nc1ccc(N2CCN(c3ccc(OC[C@@H]4CO[C@@](Cn5cncn5)(c5ccc(Cl)cc5Cl)O4)cc3)CC2)cc1. The van der Waals surface area contributed by atoms with E-state index in [1.165, 1.54) is 17.7 Å². The van der Waals surface area contributed by atoms with E-state index in [2.05, 4.69) is 79.9 Å². The lowest BCUT2D eigenvalue weighted by Gasteiger charge is -2.37. The Kier molecular flexibility index (Phi) is 10.1. The van der Waals surface area contributed by atoms with Crippen LogP contribution in [-0.2, 0) is 21.8 Å². The highest BCUT2D eigenvalue weighted by Gasteiger charge is 2.45. The molecule has 4 heterocycles. The number of piperazine rings is 1. The molecule has 258 valence electrons. The van der Waals surface area contributed by atoms with Gasteiger partial charge in [0.2, 0.25) is 11.7 Å². The summed E-state index contributed by atoms with van der Waals surface area (Å²) in [5, 5.41) is 5.24. The van der Waals surface area contributed by atoms with E-state index in [9.17, 15) is 0 Å². The summed E-state index contributed by atoms with van der Waals surface area (Å²) >= 11 is 12.8. The molecule has 3 aliphatic rings. The number of halogens is 2. The van der Waals surface area contributed by atoms with Gasteiger partial charge in [0.15, 0.2) is 0 Å². The topological polar surface area (TPSA) is 83.7 Å². The van der Waals surface area contributed by atoms with Gasteiger partial charge in [0, 0.05) is 74.3 Å². The molecule has 13 heteroatoms. The quantitative estimate of drug-likeness (QED) is 0.189. The first-order valence-corrected chi connectivity index (χ1v) is 17.7. The maximum absolute atomic E-state index is 6.59. The van der Waals surface area contributed by atoms with Crippen molar-refractivity contribution in [2.24, 2.45) is 4.99 Å². The van der Waals surface area contributed by atoms with E-state index in [0.29, 0.717) is 28.8 Å². The maximum atomic E-state index is 6.59. The first-order valence-electron chi connectivity index (χ1n) is 16.9. The molecular weight excluding hydrogens is 663 g/mol. The van der Waals surface area contributed by atoms with Crippen molar-refractivity contribution in [3.63, 3.8) is 0 Å². The Labute approximate surface area is 297 Å². The molecule has 11 nitrogen and oxygen atoms in total. The van der Waals surface area contributed by atoms with Crippen LogP contribution in [0.15, 0.2) is 84.4 Å². The fourth-order valence-electron chi connectivity index (χ4n) is 6.68. The van der Waals surface area contributed by atoms with Crippen molar-refractivity contribution < 1.29 is 14.2 Å². The minimum atomic E-state index is -1.14. The predicted octanol–water partition coefficient (Wildman–Crippen LogP) is 5.90. The average molecular weight is 706 g/mol. The number of nitrogens with zero attached hydrogens (tertiary/aromatic N) is 8. The molecule has 49 heavy (non-hydrogen) atoms. The number of ether oxygens (including phenoxy) is 3. The molecule has 3 aromatic carbocycles. The van der Waals surface area contributed by atoms with Gasteiger partial charge in [-0.1, -0.05) is 29.3 Å². The van der Waals surface area contributed by atoms with Gasteiger partial charge in [0.1, 0.15) is 37.7 Å². The molecule has 0 amide bonds. The third-order valence-electron chi connectivity index (χ3n) is 9.37. The van der Waals surface area contributed by atoms with Gasteiger partial charge in [-0.15, -0.1) is 0 Å². The zero-order valence-corrected chi connectivity index (χ0v) is 29.4. The van der Waals surface area contributed by atoms with E-state index in [0.717, 1.165) is 69.8 Å². The summed E-state index contributed by atoms with van der Waals surface area (Å²) in [6, 6.07) is 22.2. The summed E-state index contributed by atoms with van der Waals surface area (Å²) in [7, 11) is 0. The Morgan fingerprint density at radius 1 is 0.857 bits per heavy atom. The predicted molar refractivity (Wildman–Crippen MR) is 193 cm³/mol. The second-order valence-corrected chi connectivity index (χ2v) is 13.2. The van der Waals surface area contributed by atoms with Crippen LogP contribution in [0.25, 0.3) is 0 Å². The van der Waals surface area contributed by atoms with E-state index in [-0.39, 0.29) is 12.6 Å². The molecule has 0 N–H and O–H groups in total. The van der Waals surface area contributed by atoms with Crippen LogP contribution >= 0.6 is 23.2 Å². The average Bonchev–Trinajstić information content (AvgIpc) is 3.89. The lowest BCUT2D eigenvalue weighted by Crippen LogP contribution is -2.46. The number of hydrogen-bond donors (Lipinski definition) is 0. The summed E-state index contributed by atoms with van der Waals surface area (Å²) in [6.45, 7) is 13.1. The van der Waals surface area contributed by atoms with Gasteiger partial charge in [-0.05, 0) is 74.5 Å². The number of rotatable bonds is 11. The zero-order chi connectivity index (χ0) is 33.8. The molecule has 0 saturated carbocycles. The van der Waals surface area contributed by atoms with Gasteiger partial charge < -0.3 is 33.8 Å². The number of guanidine groups is 1. The minimum absolute atomic E-state index is 0.281. The molecule has 2 atom stereocenters. The van der Waals surface area contributed by atoms with Crippen molar-refractivity contribution in [2.45, 2.75) is 32.3 Å². The first kappa shape index (κ1) is 33.5. The van der Waals surface area contributed by atoms with Crippen LogP contribution in [0.1, 0.15) is 19.4 Å². The molecule has 0 unspecified atom stereocenters. The maximum Gasteiger partial charge on any atom is 0.217 e. The number of likely N-dealkylation sites (N-methyl/N-ethyl adjacent to an activating group) is 2. The molecule has 0 aliphatic carbocycles.